The monoisotopic (exact) mass is 654 g/mol. The highest BCUT2D eigenvalue weighted by atomic mass is 19.4. The minimum atomic E-state index is -4.41. The van der Waals surface area contributed by atoms with Gasteiger partial charge in [-0.25, -0.2) is 0 Å². The van der Waals surface area contributed by atoms with Crippen LogP contribution < -0.4 is 10.6 Å². The molecule has 2 heterocycles. The number of rotatable bonds is 11. The van der Waals surface area contributed by atoms with E-state index in [-0.39, 0.29) is 24.7 Å². The Morgan fingerprint density at radius 2 is 1.52 bits per heavy atom. The number of halogens is 3. The number of furan rings is 1. The second-order valence-electron chi connectivity index (χ2n) is 11.1. The van der Waals surface area contributed by atoms with E-state index in [9.17, 15) is 22.8 Å². The van der Waals surface area contributed by atoms with Crippen molar-refractivity contribution in [1.82, 2.24) is 15.5 Å². The first-order valence-electron chi connectivity index (χ1n) is 15.0. The average molecular weight is 655 g/mol. The molecule has 6 aromatic rings. The van der Waals surface area contributed by atoms with Gasteiger partial charge in [0.05, 0.1) is 12.0 Å². The molecule has 6 rings (SSSR count). The van der Waals surface area contributed by atoms with Gasteiger partial charge in [-0.05, 0) is 66.1 Å². The van der Waals surface area contributed by atoms with Crippen LogP contribution in [-0.4, -0.2) is 33.7 Å². The maximum Gasteiger partial charge on any atom is 0.416 e. The maximum absolute atomic E-state index is 13.0. The van der Waals surface area contributed by atoms with Gasteiger partial charge < -0.3 is 24.6 Å². The van der Waals surface area contributed by atoms with Gasteiger partial charge in [0.15, 0.2) is 5.76 Å². The van der Waals surface area contributed by atoms with Crippen LogP contribution in [0.4, 0.5) is 18.9 Å². The predicted octanol–water partition coefficient (Wildman–Crippen LogP) is 8.08. The first-order valence-corrected chi connectivity index (χ1v) is 15.0. The van der Waals surface area contributed by atoms with E-state index < -0.39 is 29.7 Å². The third-order valence-corrected chi connectivity index (χ3v) is 7.83. The van der Waals surface area contributed by atoms with Crippen LogP contribution in [0.15, 0.2) is 106 Å². The number of aryl methyl sites for hydroxylation is 1. The Balaban J connectivity index is 1.24. The first kappa shape index (κ1) is 32.0. The molecule has 2 aromatic heterocycles. The third kappa shape index (κ3) is 7.22. The van der Waals surface area contributed by atoms with Crippen molar-refractivity contribution in [2.75, 3.05) is 11.9 Å². The Kier molecular flexibility index (Phi) is 8.98. The number of aromatic nitrogens is 2. The van der Waals surface area contributed by atoms with E-state index in [1.165, 1.54) is 12.1 Å². The molecule has 0 saturated carbocycles. The molecule has 0 radical (unpaired) electrons. The fourth-order valence-corrected chi connectivity index (χ4v) is 5.27. The number of nitrogens with one attached hydrogen (secondary N) is 2. The molecule has 0 aliphatic heterocycles. The van der Waals surface area contributed by atoms with Crippen LogP contribution in [0, 0.1) is 6.92 Å². The van der Waals surface area contributed by atoms with Gasteiger partial charge in [-0.15, -0.1) is 10.2 Å². The molecule has 244 valence electrons. The van der Waals surface area contributed by atoms with E-state index in [1.54, 1.807) is 24.3 Å². The van der Waals surface area contributed by atoms with Crippen molar-refractivity contribution in [1.29, 1.82) is 0 Å². The van der Waals surface area contributed by atoms with Gasteiger partial charge in [0.2, 0.25) is 5.89 Å². The molecular formula is C36H29F3N4O5. The standard InChI is InChI=1S/C36H29F3N4O5/c1-21-28-4-2-3-5-30(28)47-32(21)35-43-42-34(48-35)29(41-27-16-12-25(13-17-27)33(46)40-19-18-31(44)45)20-22-6-8-23(9-7-22)24-10-14-26(15-11-24)36(37,38)39/h2-17,29,41H,18-20H2,1H3,(H,40,46)(H,44,45). The molecule has 1 atom stereocenters. The van der Waals surface area contributed by atoms with Crippen molar-refractivity contribution in [3.63, 3.8) is 0 Å². The van der Waals surface area contributed by atoms with Gasteiger partial charge in [-0.2, -0.15) is 13.2 Å². The number of carbonyl (C=O) groups is 2. The highest BCUT2D eigenvalue weighted by molar-refractivity contribution is 5.94. The molecule has 0 bridgehead atoms. The number of hydrogen-bond donors (Lipinski definition) is 3. The minimum Gasteiger partial charge on any atom is -0.481 e. The highest BCUT2D eigenvalue weighted by Crippen LogP contribution is 2.34. The van der Waals surface area contributed by atoms with Crippen molar-refractivity contribution in [3.05, 3.63) is 125 Å². The summed E-state index contributed by atoms with van der Waals surface area (Å²) in [6.07, 6.45) is -4.19. The highest BCUT2D eigenvalue weighted by Gasteiger charge is 2.30. The molecule has 1 amide bonds. The largest absolute Gasteiger partial charge is 0.481 e. The molecule has 0 aliphatic rings. The number of hydrogen-bond acceptors (Lipinski definition) is 7. The smallest absolute Gasteiger partial charge is 0.416 e. The number of aliphatic carboxylic acids is 1. The Morgan fingerprint density at radius 1 is 0.854 bits per heavy atom. The van der Waals surface area contributed by atoms with E-state index in [1.807, 2.05) is 55.5 Å². The summed E-state index contributed by atoms with van der Waals surface area (Å²) >= 11 is 0. The molecule has 0 aliphatic carbocycles. The number of carboxylic acids is 1. The van der Waals surface area contributed by atoms with Crippen molar-refractivity contribution >= 4 is 28.5 Å². The van der Waals surface area contributed by atoms with Crippen molar-refractivity contribution < 1.29 is 36.7 Å². The first-order chi connectivity index (χ1) is 23.0. The minimum absolute atomic E-state index is 0.0120. The number of fused-ring (bicyclic) bond motifs is 1. The van der Waals surface area contributed by atoms with E-state index in [4.69, 9.17) is 13.9 Å². The molecule has 1 unspecified atom stereocenters. The van der Waals surface area contributed by atoms with Crippen LogP contribution in [0.2, 0.25) is 0 Å². The van der Waals surface area contributed by atoms with Crippen LogP contribution in [0.5, 0.6) is 0 Å². The van der Waals surface area contributed by atoms with Gasteiger partial charge in [0.25, 0.3) is 11.8 Å². The number of alkyl halides is 3. The molecule has 48 heavy (non-hydrogen) atoms. The lowest BCUT2D eigenvalue weighted by Gasteiger charge is -2.17. The van der Waals surface area contributed by atoms with Gasteiger partial charge >= 0.3 is 12.1 Å². The second kappa shape index (κ2) is 13.4. The lowest BCUT2D eigenvalue weighted by Crippen LogP contribution is -2.25. The number of nitrogens with zero attached hydrogens (tertiary/aromatic N) is 2. The molecule has 9 nitrogen and oxygen atoms in total. The Bertz CT molecular complexity index is 2050. The number of para-hydroxylation sites is 1. The summed E-state index contributed by atoms with van der Waals surface area (Å²) in [5.74, 6) is -0.429. The summed E-state index contributed by atoms with van der Waals surface area (Å²) in [5, 5.41) is 24.3. The fourth-order valence-electron chi connectivity index (χ4n) is 5.27. The average Bonchev–Trinajstić information content (AvgIpc) is 3.69. The quantitative estimate of drug-likeness (QED) is 0.128. The third-order valence-electron chi connectivity index (χ3n) is 7.83. The van der Waals surface area contributed by atoms with Crippen molar-refractivity contribution in [2.24, 2.45) is 0 Å². The lowest BCUT2D eigenvalue weighted by molar-refractivity contribution is -0.138. The molecule has 3 N–H and O–H groups in total. The van der Waals surface area contributed by atoms with Crippen LogP contribution in [0.1, 0.15) is 45.4 Å². The Morgan fingerprint density at radius 3 is 2.17 bits per heavy atom. The van der Waals surface area contributed by atoms with E-state index >= 15 is 0 Å². The fraction of sp³-hybridized carbons (Fsp3) is 0.167. The van der Waals surface area contributed by atoms with Crippen LogP contribution in [0.25, 0.3) is 33.7 Å². The van der Waals surface area contributed by atoms with Crippen molar-refractivity contribution in [2.45, 2.75) is 32.0 Å². The zero-order valence-electron chi connectivity index (χ0n) is 25.5. The molecule has 0 saturated heterocycles. The number of carboxylic acid groups (broad SMARTS) is 1. The second-order valence-corrected chi connectivity index (χ2v) is 11.1. The Hall–Kier alpha value is -5.91. The summed E-state index contributed by atoms with van der Waals surface area (Å²) in [6.45, 7) is 1.93. The zero-order valence-corrected chi connectivity index (χ0v) is 25.5. The van der Waals surface area contributed by atoms with Gasteiger partial charge in [-0.3, -0.25) is 9.59 Å². The molecule has 0 spiro atoms. The molecular weight excluding hydrogens is 625 g/mol. The van der Waals surface area contributed by atoms with Crippen LogP contribution in [0.3, 0.4) is 0 Å². The lowest BCUT2D eigenvalue weighted by atomic mass is 9.99. The van der Waals surface area contributed by atoms with Gasteiger partial charge in [-0.1, -0.05) is 54.6 Å². The van der Waals surface area contributed by atoms with Crippen LogP contribution >= 0.6 is 0 Å². The summed E-state index contributed by atoms with van der Waals surface area (Å²) in [6, 6.07) is 26.2. The number of anilines is 1. The van der Waals surface area contributed by atoms with E-state index in [0.29, 0.717) is 34.6 Å². The SMILES string of the molecule is Cc1c(-c2nnc(C(Cc3ccc(-c4ccc(C(F)(F)F)cc4)cc3)Nc3ccc(C(=O)NCCC(=O)O)cc3)o2)oc2ccccc12. The van der Waals surface area contributed by atoms with Gasteiger partial charge in [0, 0.05) is 35.2 Å². The summed E-state index contributed by atoms with van der Waals surface area (Å²) in [4.78, 5) is 23.2. The predicted molar refractivity (Wildman–Crippen MR) is 172 cm³/mol. The van der Waals surface area contributed by atoms with E-state index in [0.717, 1.165) is 34.2 Å². The Labute approximate surface area is 272 Å². The van der Waals surface area contributed by atoms with Crippen LogP contribution in [-0.2, 0) is 17.4 Å². The normalized spacial score (nSPS) is 12.2. The molecule has 4 aromatic carbocycles. The number of amides is 1. The zero-order chi connectivity index (χ0) is 33.8. The summed E-state index contributed by atoms with van der Waals surface area (Å²) < 4.78 is 51.2. The van der Waals surface area contributed by atoms with Crippen molar-refractivity contribution in [3.8, 4) is 22.8 Å². The number of carbonyl (C=O) groups excluding carboxylic acids is 1. The maximum atomic E-state index is 13.0. The molecule has 0 fully saturated rings. The number of benzene rings is 4. The summed E-state index contributed by atoms with van der Waals surface area (Å²) in [7, 11) is 0. The summed E-state index contributed by atoms with van der Waals surface area (Å²) in [5.41, 5.74) is 4.16. The topological polar surface area (TPSA) is 130 Å². The van der Waals surface area contributed by atoms with Gasteiger partial charge in [0.1, 0.15) is 11.6 Å². The molecule has 12 heteroatoms. The van der Waals surface area contributed by atoms with E-state index in [2.05, 4.69) is 20.8 Å².